The van der Waals surface area contributed by atoms with Gasteiger partial charge in [-0.25, -0.2) is 0 Å². The summed E-state index contributed by atoms with van der Waals surface area (Å²) >= 11 is 0. The van der Waals surface area contributed by atoms with Crippen molar-refractivity contribution in [3.8, 4) is 6.19 Å². The first kappa shape index (κ1) is 15.7. The number of ether oxygens (including phenoxy) is 1. The molecule has 2 N–H and O–H groups in total. The molecular formula is C19H19N3O3. The minimum Gasteiger partial charge on any atom is -0.461 e. The maximum Gasteiger partial charge on any atom is 0.302 e. The number of carbonyl (C=O) groups excluding carboxylic acids is 1. The number of carbonyl (C=O) groups is 1. The molecule has 25 heavy (non-hydrogen) atoms. The van der Waals surface area contributed by atoms with Crippen molar-refractivity contribution in [1.82, 2.24) is 9.88 Å². The standard InChI is InChI=1S/C19H19N3O3/c1-11(24)25-9-12-5-14-13-3-2-4-16-19(13)15(17(8-23)21-16)6-18(14)22(7-12)10-20/h2-5,14,18,21,23H,6-9H2,1H3/t14-,18-/m1/s1. The highest BCUT2D eigenvalue weighted by Gasteiger charge is 2.38. The number of fused-ring (bicyclic) bond motifs is 2. The van der Waals surface area contributed by atoms with E-state index in [4.69, 9.17) is 4.74 Å². The van der Waals surface area contributed by atoms with Gasteiger partial charge in [0.15, 0.2) is 6.19 Å². The number of benzene rings is 1. The molecule has 1 aromatic carbocycles. The number of esters is 1. The van der Waals surface area contributed by atoms with Gasteiger partial charge in [-0.3, -0.25) is 4.79 Å². The molecule has 2 atom stereocenters. The normalized spacial score (nSPS) is 21.5. The number of rotatable bonds is 3. The number of H-pyrrole nitrogens is 1. The second kappa shape index (κ2) is 5.94. The Labute approximate surface area is 145 Å². The molecule has 2 aromatic rings. The predicted molar refractivity (Wildman–Crippen MR) is 91.5 cm³/mol. The summed E-state index contributed by atoms with van der Waals surface area (Å²) in [6.07, 6.45) is 5.15. The third kappa shape index (κ3) is 2.48. The Kier molecular flexibility index (Phi) is 3.74. The van der Waals surface area contributed by atoms with Crippen LogP contribution < -0.4 is 0 Å². The minimum absolute atomic E-state index is 0.0188. The van der Waals surface area contributed by atoms with Crippen molar-refractivity contribution in [1.29, 1.82) is 5.26 Å². The van der Waals surface area contributed by atoms with Gasteiger partial charge in [0.25, 0.3) is 0 Å². The summed E-state index contributed by atoms with van der Waals surface area (Å²) in [7, 11) is 0. The Balaban J connectivity index is 1.82. The van der Waals surface area contributed by atoms with Crippen LogP contribution in [0.2, 0.25) is 0 Å². The van der Waals surface area contributed by atoms with Gasteiger partial charge in [-0.15, -0.1) is 0 Å². The average molecular weight is 337 g/mol. The third-order valence-electron chi connectivity index (χ3n) is 5.17. The van der Waals surface area contributed by atoms with Crippen molar-refractivity contribution in [2.45, 2.75) is 31.9 Å². The Morgan fingerprint density at radius 2 is 2.36 bits per heavy atom. The van der Waals surface area contributed by atoms with Crippen molar-refractivity contribution in [2.75, 3.05) is 13.2 Å². The van der Waals surface area contributed by atoms with Crippen molar-refractivity contribution in [3.63, 3.8) is 0 Å². The van der Waals surface area contributed by atoms with Gasteiger partial charge in [-0.2, -0.15) is 5.26 Å². The van der Waals surface area contributed by atoms with Gasteiger partial charge in [-0.05, 0) is 29.2 Å². The van der Waals surface area contributed by atoms with Gasteiger partial charge >= 0.3 is 5.97 Å². The smallest absolute Gasteiger partial charge is 0.302 e. The molecule has 2 heterocycles. The lowest BCUT2D eigenvalue weighted by Gasteiger charge is -2.40. The van der Waals surface area contributed by atoms with Gasteiger partial charge in [0, 0.05) is 29.4 Å². The number of nitrogens with zero attached hydrogens (tertiary/aromatic N) is 2. The third-order valence-corrected chi connectivity index (χ3v) is 5.17. The molecule has 0 bridgehead atoms. The molecule has 0 fully saturated rings. The summed E-state index contributed by atoms with van der Waals surface area (Å²) in [6, 6.07) is 6.10. The number of aliphatic hydroxyl groups excluding tert-OH is 1. The second-order valence-corrected chi connectivity index (χ2v) is 6.64. The van der Waals surface area contributed by atoms with E-state index < -0.39 is 0 Å². The van der Waals surface area contributed by atoms with Crippen molar-refractivity contribution in [3.05, 3.63) is 46.7 Å². The summed E-state index contributed by atoms with van der Waals surface area (Å²) in [5, 5.41) is 20.5. The molecule has 128 valence electrons. The van der Waals surface area contributed by atoms with Crippen molar-refractivity contribution < 1.29 is 14.6 Å². The molecule has 0 spiro atoms. The number of hydrogen-bond donors (Lipinski definition) is 2. The fourth-order valence-corrected chi connectivity index (χ4v) is 4.13. The SMILES string of the molecule is CC(=O)OCC1=C[C@@H]2c3cccc4[nH]c(CO)c(c34)C[C@H]2N(C#N)C1. The van der Waals surface area contributed by atoms with Crippen molar-refractivity contribution >= 4 is 16.9 Å². The zero-order chi connectivity index (χ0) is 17.6. The van der Waals surface area contributed by atoms with Crippen LogP contribution in [0.1, 0.15) is 29.7 Å². The Morgan fingerprint density at radius 1 is 1.52 bits per heavy atom. The lowest BCUT2D eigenvalue weighted by molar-refractivity contribution is -0.140. The number of aliphatic hydroxyl groups is 1. The fraction of sp³-hybridized carbons (Fsp3) is 0.368. The van der Waals surface area contributed by atoms with Crippen LogP contribution in [0, 0.1) is 11.5 Å². The van der Waals surface area contributed by atoms with E-state index in [0.29, 0.717) is 13.0 Å². The Morgan fingerprint density at radius 3 is 3.08 bits per heavy atom. The van der Waals surface area contributed by atoms with Gasteiger partial charge in [0.2, 0.25) is 0 Å². The number of nitriles is 1. The monoisotopic (exact) mass is 337 g/mol. The number of nitrogens with one attached hydrogen (secondary N) is 1. The number of aromatic amines is 1. The minimum atomic E-state index is -0.321. The van der Waals surface area contributed by atoms with E-state index in [1.165, 1.54) is 6.92 Å². The van der Waals surface area contributed by atoms with Gasteiger partial charge < -0.3 is 19.7 Å². The van der Waals surface area contributed by atoms with E-state index in [-0.39, 0.29) is 31.1 Å². The van der Waals surface area contributed by atoms with Gasteiger partial charge in [-0.1, -0.05) is 18.2 Å². The molecule has 6 heteroatoms. The highest BCUT2D eigenvalue weighted by Crippen LogP contribution is 2.43. The van der Waals surface area contributed by atoms with Crippen LogP contribution in [-0.2, 0) is 22.6 Å². The van der Waals surface area contributed by atoms with Crippen LogP contribution in [0.5, 0.6) is 0 Å². The van der Waals surface area contributed by atoms with Gasteiger partial charge in [0.1, 0.15) is 6.61 Å². The molecule has 0 saturated heterocycles. The molecule has 0 radical (unpaired) electrons. The lowest BCUT2D eigenvalue weighted by Crippen LogP contribution is -2.44. The summed E-state index contributed by atoms with van der Waals surface area (Å²) in [5.41, 5.74) is 5.04. The topological polar surface area (TPSA) is 89.3 Å². The molecule has 1 aliphatic carbocycles. The Bertz CT molecular complexity index is 922. The zero-order valence-corrected chi connectivity index (χ0v) is 14.0. The molecular weight excluding hydrogens is 318 g/mol. The predicted octanol–water partition coefficient (Wildman–Crippen LogP) is 1.95. The first-order chi connectivity index (χ1) is 12.1. The molecule has 6 nitrogen and oxygen atoms in total. The fourth-order valence-electron chi connectivity index (χ4n) is 4.13. The number of aromatic nitrogens is 1. The lowest BCUT2D eigenvalue weighted by atomic mass is 9.76. The van der Waals surface area contributed by atoms with E-state index in [9.17, 15) is 15.2 Å². The van der Waals surface area contributed by atoms with Crippen molar-refractivity contribution in [2.24, 2.45) is 0 Å². The molecule has 1 aromatic heterocycles. The molecule has 0 amide bonds. The summed E-state index contributed by atoms with van der Waals surface area (Å²) in [6.45, 7) is 2.03. The van der Waals surface area contributed by atoms with Gasteiger partial charge in [0.05, 0.1) is 19.2 Å². The highest BCUT2D eigenvalue weighted by molar-refractivity contribution is 5.90. The molecule has 0 saturated carbocycles. The molecule has 2 aliphatic rings. The van der Waals surface area contributed by atoms with Crippen LogP contribution in [0.3, 0.4) is 0 Å². The second-order valence-electron chi connectivity index (χ2n) is 6.64. The first-order valence-electron chi connectivity index (χ1n) is 8.35. The quantitative estimate of drug-likeness (QED) is 0.508. The van der Waals surface area contributed by atoms with Crippen LogP contribution >= 0.6 is 0 Å². The maximum atomic E-state index is 11.1. The summed E-state index contributed by atoms with van der Waals surface area (Å²) in [5.74, 6) is -0.254. The van der Waals surface area contributed by atoms with Crippen LogP contribution in [0.4, 0.5) is 0 Å². The molecule has 1 aliphatic heterocycles. The van der Waals surface area contributed by atoms with Crippen LogP contribution in [0.15, 0.2) is 29.8 Å². The Hall–Kier alpha value is -2.78. The van der Waals surface area contributed by atoms with Crippen LogP contribution in [0.25, 0.3) is 10.9 Å². The van der Waals surface area contributed by atoms with E-state index in [0.717, 1.165) is 33.3 Å². The maximum absolute atomic E-state index is 11.1. The summed E-state index contributed by atoms with van der Waals surface area (Å²) in [4.78, 5) is 16.2. The highest BCUT2D eigenvalue weighted by atomic mass is 16.5. The largest absolute Gasteiger partial charge is 0.461 e. The zero-order valence-electron chi connectivity index (χ0n) is 14.0. The average Bonchev–Trinajstić information content (AvgIpc) is 2.99. The van der Waals surface area contributed by atoms with E-state index in [2.05, 4.69) is 23.3 Å². The molecule has 4 rings (SSSR count). The van der Waals surface area contributed by atoms with Crippen LogP contribution in [-0.4, -0.2) is 40.2 Å². The van der Waals surface area contributed by atoms with E-state index in [1.54, 1.807) is 4.90 Å². The summed E-state index contributed by atoms with van der Waals surface area (Å²) < 4.78 is 5.14. The van der Waals surface area contributed by atoms with E-state index in [1.807, 2.05) is 12.1 Å². The number of hydrogen-bond acceptors (Lipinski definition) is 5. The van der Waals surface area contributed by atoms with E-state index >= 15 is 0 Å². The molecule has 0 unspecified atom stereocenters. The first-order valence-corrected chi connectivity index (χ1v) is 8.35.